The fourth-order valence-corrected chi connectivity index (χ4v) is 4.05. The van der Waals surface area contributed by atoms with Crippen molar-refractivity contribution in [2.75, 3.05) is 12.4 Å². The molecule has 0 saturated heterocycles. The standard InChI is InChI=1S/C20H16BrClN2O2S/c1-12-19(14-4-3-5-15(22)11-14)24-20(27-12)23-18(25)9-7-13-6-8-17(26-2)16(21)10-13/h3-11H,1-2H3,(H,23,24,25)/b9-7+. The van der Waals surface area contributed by atoms with Crippen molar-refractivity contribution in [1.29, 1.82) is 0 Å². The minimum Gasteiger partial charge on any atom is -0.496 e. The summed E-state index contributed by atoms with van der Waals surface area (Å²) in [7, 11) is 1.61. The maximum atomic E-state index is 12.2. The van der Waals surface area contributed by atoms with Gasteiger partial charge in [0.15, 0.2) is 5.13 Å². The van der Waals surface area contributed by atoms with Crippen LogP contribution in [0.4, 0.5) is 5.13 Å². The molecule has 1 aromatic heterocycles. The van der Waals surface area contributed by atoms with E-state index in [9.17, 15) is 4.79 Å². The van der Waals surface area contributed by atoms with Gasteiger partial charge in [0.25, 0.3) is 0 Å². The number of nitrogens with zero attached hydrogens (tertiary/aromatic N) is 1. The van der Waals surface area contributed by atoms with E-state index in [1.54, 1.807) is 13.2 Å². The molecule has 0 aliphatic heterocycles. The van der Waals surface area contributed by atoms with Crippen LogP contribution in [0.1, 0.15) is 10.4 Å². The number of aryl methyl sites for hydroxylation is 1. The van der Waals surface area contributed by atoms with Crippen molar-refractivity contribution in [3.05, 3.63) is 68.5 Å². The van der Waals surface area contributed by atoms with Crippen molar-refractivity contribution in [3.63, 3.8) is 0 Å². The van der Waals surface area contributed by atoms with Crippen molar-refractivity contribution in [2.45, 2.75) is 6.92 Å². The van der Waals surface area contributed by atoms with E-state index in [-0.39, 0.29) is 5.91 Å². The highest BCUT2D eigenvalue weighted by atomic mass is 79.9. The van der Waals surface area contributed by atoms with Crippen LogP contribution in [0.25, 0.3) is 17.3 Å². The molecule has 1 amide bonds. The summed E-state index contributed by atoms with van der Waals surface area (Å²) in [5.74, 6) is 0.497. The number of amides is 1. The number of thiazole rings is 1. The smallest absolute Gasteiger partial charge is 0.250 e. The van der Waals surface area contributed by atoms with Crippen molar-refractivity contribution in [1.82, 2.24) is 4.98 Å². The van der Waals surface area contributed by atoms with Gasteiger partial charge in [0.2, 0.25) is 5.91 Å². The topological polar surface area (TPSA) is 51.2 Å². The highest BCUT2D eigenvalue weighted by Crippen LogP contribution is 2.31. The van der Waals surface area contributed by atoms with E-state index in [0.717, 1.165) is 31.9 Å². The van der Waals surface area contributed by atoms with E-state index < -0.39 is 0 Å². The van der Waals surface area contributed by atoms with Crippen LogP contribution in [0.3, 0.4) is 0 Å². The molecular formula is C20H16BrClN2O2S. The summed E-state index contributed by atoms with van der Waals surface area (Å²) in [6, 6.07) is 13.1. The van der Waals surface area contributed by atoms with Crippen LogP contribution in [0, 0.1) is 6.92 Å². The minimum absolute atomic E-state index is 0.242. The molecule has 138 valence electrons. The van der Waals surface area contributed by atoms with Gasteiger partial charge in [0.05, 0.1) is 17.3 Å². The lowest BCUT2D eigenvalue weighted by Gasteiger charge is -2.03. The largest absolute Gasteiger partial charge is 0.496 e. The molecule has 0 radical (unpaired) electrons. The number of carbonyl (C=O) groups is 1. The van der Waals surface area contributed by atoms with Gasteiger partial charge in [0, 0.05) is 21.5 Å². The molecule has 1 heterocycles. The maximum Gasteiger partial charge on any atom is 0.250 e. The average molecular weight is 464 g/mol. The Bertz CT molecular complexity index is 1020. The van der Waals surface area contributed by atoms with Gasteiger partial charge in [-0.25, -0.2) is 4.98 Å². The number of ether oxygens (including phenoxy) is 1. The van der Waals surface area contributed by atoms with E-state index in [4.69, 9.17) is 16.3 Å². The number of hydrogen-bond donors (Lipinski definition) is 1. The number of carbonyl (C=O) groups excluding carboxylic acids is 1. The van der Waals surface area contributed by atoms with Crippen LogP contribution < -0.4 is 10.1 Å². The number of halogens is 2. The first-order chi connectivity index (χ1) is 13.0. The first kappa shape index (κ1) is 19.6. The first-order valence-corrected chi connectivity index (χ1v) is 10.0. The van der Waals surface area contributed by atoms with Crippen LogP contribution in [0.5, 0.6) is 5.75 Å². The summed E-state index contributed by atoms with van der Waals surface area (Å²) in [4.78, 5) is 17.7. The third-order valence-corrected chi connectivity index (χ3v) is 5.47. The van der Waals surface area contributed by atoms with Crippen LogP contribution in [0.15, 0.2) is 53.0 Å². The second kappa shape index (κ2) is 8.69. The van der Waals surface area contributed by atoms with E-state index >= 15 is 0 Å². The third kappa shape index (κ3) is 4.97. The number of methoxy groups -OCH3 is 1. The Morgan fingerprint density at radius 3 is 2.81 bits per heavy atom. The van der Waals surface area contributed by atoms with Gasteiger partial charge < -0.3 is 4.74 Å². The second-order valence-corrected chi connectivity index (χ2v) is 8.14. The lowest BCUT2D eigenvalue weighted by molar-refractivity contribution is -0.111. The number of nitrogens with one attached hydrogen (secondary N) is 1. The molecule has 0 fully saturated rings. The predicted octanol–water partition coefficient (Wildman–Crippen LogP) is 6.19. The Kier molecular flexibility index (Phi) is 6.31. The molecule has 0 aliphatic rings. The Balaban J connectivity index is 1.71. The fraction of sp³-hybridized carbons (Fsp3) is 0.100. The quantitative estimate of drug-likeness (QED) is 0.459. The van der Waals surface area contributed by atoms with Crippen LogP contribution in [-0.4, -0.2) is 18.0 Å². The number of rotatable bonds is 5. The SMILES string of the molecule is COc1ccc(/C=C/C(=O)Nc2nc(-c3cccc(Cl)c3)c(C)s2)cc1Br. The summed E-state index contributed by atoms with van der Waals surface area (Å²) in [6.45, 7) is 1.97. The van der Waals surface area contributed by atoms with Gasteiger partial charge >= 0.3 is 0 Å². The molecule has 1 N–H and O–H groups in total. The molecular weight excluding hydrogens is 448 g/mol. The summed E-state index contributed by atoms with van der Waals surface area (Å²) in [5, 5.41) is 4.01. The zero-order chi connectivity index (χ0) is 19.4. The summed E-state index contributed by atoms with van der Waals surface area (Å²) in [5.41, 5.74) is 2.63. The number of aromatic nitrogens is 1. The Labute approximate surface area is 175 Å². The molecule has 2 aromatic carbocycles. The van der Waals surface area contributed by atoms with Gasteiger partial charge in [-0.15, -0.1) is 11.3 Å². The highest BCUT2D eigenvalue weighted by Gasteiger charge is 2.11. The molecule has 7 heteroatoms. The fourth-order valence-electron chi connectivity index (χ4n) is 2.46. The first-order valence-electron chi connectivity index (χ1n) is 8.02. The molecule has 0 bridgehead atoms. The molecule has 0 spiro atoms. The van der Waals surface area contributed by atoms with E-state index in [2.05, 4.69) is 26.2 Å². The van der Waals surface area contributed by atoms with Crippen LogP contribution in [-0.2, 0) is 4.79 Å². The van der Waals surface area contributed by atoms with Gasteiger partial charge in [-0.1, -0.05) is 29.8 Å². The maximum absolute atomic E-state index is 12.2. The molecule has 27 heavy (non-hydrogen) atoms. The lowest BCUT2D eigenvalue weighted by Crippen LogP contribution is -2.07. The van der Waals surface area contributed by atoms with Crippen molar-refractivity contribution >= 4 is 56.0 Å². The van der Waals surface area contributed by atoms with Crippen LogP contribution in [0.2, 0.25) is 5.02 Å². The zero-order valence-electron chi connectivity index (χ0n) is 14.6. The monoisotopic (exact) mass is 462 g/mol. The van der Waals surface area contributed by atoms with Crippen molar-refractivity contribution in [2.24, 2.45) is 0 Å². The van der Waals surface area contributed by atoms with E-state index in [0.29, 0.717) is 10.2 Å². The summed E-state index contributed by atoms with van der Waals surface area (Å²) in [6.07, 6.45) is 3.21. The summed E-state index contributed by atoms with van der Waals surface area (Å²) >= 11 is 10.9. The lowest BCUT2D eigenvalue weighted by atomic mass is 10.1. The summed E-state index contributed by atoms with van der Waals surface area (Å²) < 4.78 is 6.02. The molecule has 0 saturated carbocycles. The molecule has 3 aromatic rings. The Morgan fingerprint density at radius 1 is 1.30 bits per heavy atom. The van der Waals surface area contributed by atoms with Crippen LogP contribution >= 0.6 is 38.9 Å². The molecule has 0 unspecified atom stereocenters. The number of benzene rings is 2. The normalized spacial score (nSPS) is 11.0. The van der Waals surface area contributed by atoms with Gasteiger partial charge in [-0.2, -0.15) is 0 Å². The van der Waals surface area contributed by atoms with E-state index in [1.807, 2.05) is 49.4 Å². The van der Waals surface area contributed by atoms with Gasteiger partial charge in [-0.05, 0) is 58.8 Å². The van der Waals surface area contributed by atoms with Gasteiger partial charge in [0.1, 0.15) is 5.75 Å². The number of anilines is 1. The molecule has 3 rings (SSSR count). The Morgan fingerprint density at radius 2 is 2.11 bits per heavy atom. The predicted molar refractivity (Wildman–Crippen MR) is 116 cm³/mol. The zero-order valence-corrected chi connectivity index (χ0v) is 17.8. The molecule has 4 nitrogen and oxygen atoms in total. The number of hydrogen-bond acceptors (Lipinski definition) is 4. The second-order valence-electron chi connectivity index (χ2n) is 5.65. The van der Waals surface area contributed by atoms with Crippen molar-refractivity contribution < 1.29 is 9.53 Å². The average Bonchev–Trinajstić information content (AvgIpc) is 3.00. The highest BCUT2D eigenvalue weighted by molar-refractivity contribution is 9.10. The third-order valence-electron chi connectivity index (χ3n) is 3.73. The Hall–Kier alpha value is -2.15. The molecule has 0 atom stereocenters. The van der Waals surface area contributed by atoms with E-state index in [1.165, 1.54) is 17.4 Å². The minimum atomic E-state index is -0.242. The van der Waals surface area contributed by atoms with Crippen molar-refractivity contribution in [3.8, 4) is 17.0 Å². The van der Waals surface area contributed by atoms with Gasteiger partial charge in [-0.3, -0.25) is 10.1 Å². The molecule has 0 aliphatic carbocycles.